The Labute approximate surface area is 185 Å². The van der Waals surface area contributed by atoms with Gasteiger partial charge in [-0.1, -0.05) is 11.6 Å². The first-order valence-electron chi connectivity index (χ1n) is 10.3. The van der Waals surface area contributed by atoms with Crippen molar-refractivity contribution in [1.82, 2.24) is 0 Å². The Morgan fingerprint density at radius 3 is 2.28 bits per heavy atom. The van der Waals surface area contributed by atoms with Crippen molar-refractivity contribution in [3.63, 3.8) is 0 Å². The van der Waals surface area contributed by atoms with Gasteiger partial charge in [-0.2, -0.15) is 0 Å². The summed E-state index contributed by atoms with van der Waals surface area (Å²) in [4.78, 5) is 13.5. The molecule has 0 bridgehead atoms. The van der Waals surface area contributed by atoms with E-state index in [1.807, 2.05) is 19.9 Å². The Morgan fingerprint density at radius 2 is 1.69 bits per heavy atom. The standard InChI is InChI=1S/C25H28O7/c1-13(2)5-7-16-19(28)12-20(29)21-22(30)17(9-10-25(3,4)31)23(32-24(16)21)15-8-6-14(26)11-18(15)27/h5-6,8,11-12,26-29,31H,7,9-10H2,1-4H3. The number of hydrogen-bond acceptors (Lipinski definition) is 7. The van der Waals surface area contributed by atoms with Crippen LogP contribution >= 0.6 is 0 Å². The maximum atomic E-state index is 13.5. The third-order valence-electron chi connectivity index (χ3n) is 5.25. The monoisotopic (exact) mass is 440 g/mol. The van der Waals surface area contributed by atoms with Gasteiger partial charge in [0.2, 0.25) is 0 Å². The third-order valence-corrected chi connectivity index (χ3v) is 5.25. The highest BCUT2D eigenvalue weighted by Crippen LogP contribution is 2.40. The van der Waals surface area contributed by atoms with E-state index in [4.69, 9.17) is 4.42 Å². The van der Waals surface area contributed by atoms with E-state index >= 15 is 0 Å². The van der Waals surface area contributed by atoms with Gasteiger partial charge in [-0.25, -0.2) is 0 Å². The SMILES string of the molecule is CC(C)=CCc1c(O)cc(O)c2c(=O)c(CCC(C)(C)O)c(-c3ccc(O)cc3O)oc12. The molecule has 0 saturated carbocycles. The molecule has 0 unspecified atom stereocenters. The second kappa shape index (κ2) is 8.59. The van der Waals surface area contributed by atoms with Crippen LogP contribution in [0.2, 0.25) is 0 Å². The molecule has 0 spiro atoms. The number of phenolic OH excluding ortho intramolecular Hbond substituents is 4. The molecule has 0 atom stereocenters. The largest absolute Gasteiger partial charge is 0.508 e. The predicted octanol–water partition coefficient (Wildman–Crippen LogP) is 4.49. The lowest BCUT2D eigenvalue weighted by molar-refractivity contribution is 0.0713. The topological polar surface area (TPSA) is 131 Å². The van der Waals surface area contributed by atoms with E-state index in [9.17, 15) is 30.3 Å². The zero-order chi connectivity index (χ0) is 23.8. The fraction of sp³-hybridized carbons (Fsp3) is 0.320. The Morgan fingerprint density at radius 1 is 1.00 bits per heavy atom. The first-order valence-corrected chi connectivity index (χ1v) is 10.3. The second-order valence-corrected chi connectivity index (χ2v) is 8.84. The minimum absolute atomic E-state index is 0.0134. The summed E-state index contributed by atoms with van der Waals surface area (Å²) in [6.45, 7) is 7.01. The van der Waals surface area contributed by atoms with E-state index in [1.165, 1.54) is 12.1 Å². The summed E-state index contributed by atoms with van der Waals surface area (Å²) in [6, 6.07) is 5.01. The first kappa shape index (κ1) is 23.2. The summed E-state index contributed by atoms with van der Waals surface area (Å²) in [7, 11) is 0. The van der Waals surface area contributed by atoms with Crippen LogP contribution in [0.4, 0.5) is 0 Å². The molecule has 0 radical (unpaired) electrons. The minimum atomic E-state index is -1.07. The van der Waals surface area contributed by atoms with E-state index in [0.29, 0.717) is 5.56 Å². The molecule has 7 nitrogen and oxygen atoms in total. The summed E-state index contributed by atoms with van der Waals surface area (Å²) in [5, 5.41) is 51.1. The number of allylic oxidation sites excluding steroid dienone is 2. The Balaban J connectivity index is 2.41. The first-order chi connectivity index (χ1) is 14.9. The number of aromatic hydroxyl groups is 4. The number of rotatable bonds is 6. The zero-order valence-corrected chi connectivity index (χ0v) is 18.6. The Hall–Kier alpha value is -3.45. The van der Waals surface area contributed by atoms with Crippen molar-refractivity contribution in [2.24, 2.45) is 0 Å². The molecule has 0 saturated heterocycles. The molecule has 0 aliphatic rings. The van der Waals surface area contributed by atoms with Crippen LogP contribution in [0.25, 0.3) is 22.3 Å². The van der Waals surface area contributed by atoms with E-state index in [0.717, 1.165) is 17.7 Å². The highest BCUT2D eigenvalue weighted by atomic mass is 16.3. The van der Waals surface area contributed by atoms with Crippen molar-refractivity contribution in [2.75, 3.05) is 0 Å². The van der Waals surface area contributed by atoms with Crippen molar-refractivity contribution < 1.29 is 29.9 Å². The van der Waals surface area contributed by atoms with Crippen molar-refractivity contribution in [1.29, 1.82) is 0 Å². The van der Waals surface area contributed by atoms with Gasteiger partial charge in [0.15, 0.2) is 5.43 Å². The average Bonchev–Trinajstić information content (AvgIpc) is 2.65. The molecule has 5 N–H and O–H groups in total. The molecule has 32 heavy (non-hydrogen) atoms. The average molecular weight is 440 g/mol. The zero-order valence-electron chi connectivity index (χ0n) is 18.6. The molecule has 3 aromatic rings. The van der Waals surface area contributed by atoms with Gasteiger partial charge in [-0.3, -0.25) is 4.79 Å². The van der Waals surface area contributed by atoms with Gasteiger partial charge in [-0.15, -0.1) is 0 Å². The fourth-order valence-corrected chi connectivity index (χ4v) is 3.51. The highest BCUT2D eigenvalue weighted by molar-refractivity contribution is 5.90. The van der Waals surface area contributed by atoms with Gasteiger partial charge in [0.25, 0.3) is 0 Å². The molecule has 2 aromatic carbocycles. The molecule has 0 fully saturated rings. The van der Waals surface area contributed by atoms with E-state index in [1.54, 1.807) is 13.8 Å². The molecular formula is C25H28O7. The molecular weight excluding hydrogens is 412 g/mol. The molecule has 1 aromatic heterocycles. The number of phenols is 4. The summed E-state index contributed by atoms with van der Waals surface area (Å²) in [6.07, 6.45) is 2.45. The van der Waals surface area contributed by atoms with Crippen molar-refractivity contribution in [3.8, 4) is 34.3 Å². The fourth-order valence-electron chi connectivity index (χ4n) is 3.51. The van der Waals surface area contributed by atoms with Gasteiger partial charge in [0.05, 0.1) is 11.2 Å². The molecule has 0 aliphatic carbocycles. The van der Waals surface area contributed by atoms with Crippen LogP contribution in [0, 0.1) is 0 Å². The molecule has 3 rings (SSSR count). The van der Waals surface area contributed by atoms with E-state index < -0.39 is 16.8 Å². The third kappa shape index (κ3) is 4.73. The van der Waals surface area contributed by atoms with Gasteiger partial charge in [0.1, 0.15) is 39.7 Å². The smallest absolute Gasteiger partial charge is 0.200 e. The van der Waals surface area contributed by atoms with E-state index in [2.05, 4.69) is 0 Å². The number of benzene rings is 2. The predicted molar refractivity (Wildman–Crippen MR) is 122 cm³/mol. The lowest BCUT2D eigenvalue weighted by Crippen LogP contribution is -2.22. The van der Waals surface area contributed by atoms with Crippen LogP contribution in [-0.2, 0) is 12.8 Å². The van der Waals surface area contributed by atoms with Crippen LogP contribution in [0.3, 0.4) is 0 Å². The highest BCUT2D eigenvalue weighted by Gasteiger charge is 2.25. The summed E-state index contributed by atoms with van der Waals surface area (Å²) < 4.78 is 6.10. The molecule has 0 amide bonds. The minimum Gasteiger partial charge on any atom is -0.508 e. The van der Waals surface area contributed by atoms with Gasteiger partial charge < -0.3 is 29.9 Å². The maximum absolute atomic E-state index is 13.5. The number of hydrogen-bond donors (Lipinski definition) is 5. The van der Waals surface area contributed by atoms with Crippen LogP contribution in [-0.4, -0.2) is 31.1 Å². The number of aliphatic hydroxyl groups is 1. The molecule has 0 aliphatic heterocycles. The van der Waals surface area contributed by atoms with E-state index in [-0.39, 0.29) is 64.4 Å². The second-order valence-electron chi connectivity index (χ2n) is 8.84. The van der Waals surface area contributed by atoms with Gasteiger partial charge in [0, 0.05) is 23.3 Å². The van der Waals surface area contributed by atoms with Gasteiger partial charge >= 0.3 is 0 Å². The summed E-state index contributed by atoms with van der Waals surface area (Å²) in [5.41, 5.74) is 0.0731. The van der Waals surface area contributed by atoms with Crippen molar-refractivity contribution in [3.05, 3.63) is 57.3 Å². The van der Waals surface area contributed by atoms with Crippen molar-refractivity contribution in [2.45, 2.75) is 52.6 Å². The van der Waals surface area contributed by atoms with Crippen molar-refractivity contribution >= 4 is 11.0 Å². The van der Waals surface area contributed by atoms with Crippen LogP contribution in [0.1, 0.15) is 45.2 Å². The van der Waals surface area contributed by atoms with Crippen LogP contribution in [0.15, 0.2) is 45.1 Å². The Bertz CT molecular complexity index is 1260. The Kier molecular flexibility index (Phi) is 6.23. The maximum Gasteiger partial charge on any atom is 0.200 e. The summed E-state index contributed by atoms with van der Waals surface area (Å²) >= 11 is 0. The molecule has 1 heterocycles. The lowest BCUT2D eigenvalue weighted by atomic mass is 9.94. The number of fused-ring (bicyclic) bond motifs is 1. The van der Waals surface area contributed by atoms with Crippen LogP contribution < -0.4 is 5.43 Å². The van der Waals surface area contributed by atoms with Gasteiger partial charge in [-0.05, 0) is 59.1 Å². The van der Waals surface area contributed by atoms with Crippen LogP contribution in [0.5, 0.6) is 23.0 Å². The lowest BCUT2D eigenvalue weighted by Gasteiger charge is -2.19. The normalized spacial score (nSPS) is 11.7. The quantitative estimate of drug-likeness (QED) is 0.357. The molecule has 170 valence electrons. The summed E-state index contributed by atoms with van der Waals surface area (Å²) in [5.74, 6) is -1.05. The molecule has 7 heteroatoms.